The summed E-state index contributed by atoms with van der Waals surface area (Å²) in [4.78, 5) is 3.28. The lowest BCUT2D eigenvalue weighted by Gasteiger charge is -2.00. The fourth-order valence-electron chi connectivity index (χ4n) is 1.86. The van der Waals surface area contributed by atoms with Crippen LogP contribution in [0.5, 0.6) is 0 Å². The van der Waals surface area contributed by atoms with E-state index in [4.69, 9.17) is 4.74 Å². The average Bonchev–Trinajstić information content (AvgIpc) is 2.59. The van der Waals surface area contributed by atoms with Gasteiger partial charge in [0.2, 0.25) is 0 Å². The van der Waals surface area contributed by atoms with E-state index in [-0.39, 0.29) is 0 Å². The second-order valence-corrected chi connectivity index (χ2v) is 3.55. The molecule has 1 heterocycles. The van der Waals surface area contributed by atoms with Crippen molar-refractivity contribution in [3.63, 3.8) is 0 Å². The molecule has 74 valence electrons. The summed E-state index contributed by atoms with van der Waals surface area (Å²) in [5.41, 5.74) is 3.89. The van der Waals surface area contributed by atoms with E-state index >= 15 is 0 Å². The maximum atomic E-state index is 5.09. The summed E-state index contributed by atoms with van der Waals surface area (Å²) in [5, 5.41) is 1.35. The molecule has 2 rings (SSSR count). The van der Waals surface area contributed by atoms with Gasteiger partial charge >= 0.3 is 0 Å². The zero-order chi connectivity index (χ0) is 9.97. The minimum absolute atomic E-state index is 0.779. The first kappa shape index (κ1) is 9.28. The molecule has 0 aliphatic carbocycles. The number of aryl methyl sites for hydroxylation is 1. The third-order valence-electron chi connectivity index (χ3n) is 2.57. The molecular formula is C12H15NO. The largest absolute Gasteiger partial charge is 0.384 e. The molecule has 0 saturated carbocycles. The highest BCUT2D eigenvalue weighted by molar-refractivity contribution is 5.86. The quantitative estimate of drug-likeness (QED) is 0.789. The number of benzene rings is 1. The Balaban J connectivity index is 2.45. The van der Waals surface area contributed by atoms with Crippen LogP contribution in [0.1, 0.15) is 11.1 Å². The van der Waals surface area contributed by atoms with Crippen LogP contribution in [0, 0.1) is 6.92 Å². The zero-order valence-corrected chi connectivity index (χ0v) is 8.63. The van der Waals surface area contributed by atoms with Gasteiger partial charge in [0.1, 0.15) is 0 Å². The predicted molar refractivity (Wildman–Crippen MR) is 58.6 cm³/mol. The lowest BCUT2D eigenvalue weighted by atomic mass is 10.1. The Morgan fingerprint density at radius 1 is 1.36 bits per heavy atom. The molecule has 0 unspecified atom stereocenters. The molecule has 0 aliphatic rings. The Kier molecular flexibility index (Phi) is 2.55. The standard InChI is InChI=1S/C12H15NO/c1-9-4-3-5-11-12(9)10(8-13-11)6-7-14-2/h3-5,8,13H,6-7H2,1-2H3. The van der Waals surface area contributed by atoms with Gasteiger partial charge in [-0.2, -0.15) is 0 Å². The van der Waals surface area contributed by atoms with Crippen molar-refractivity contribution in [1.82, 2.24) is 4.98 Å². The van der Waals surface area contributed by atoms with E-state index in [1.165, 1.54) is 22.0 Å². The van der Waals surface area contributed by atoms with Gasteiger partial charge in [-0.15, -0.1) is 0 Å². The van der Waals surface area contributed by atoms with Crippen LogP contribution in [0.25, 0.3) is 10.9 Å². The van der Waals surface area contributed by atoms with Crippen molar-refractivity contribution in [1.29, 1.82) is 0 Å². The molecule has 2 aromatic rings. The van der Waals surface area contributed by atoms with Crippen molar-refractivity contribution in [3.05, 3.63) is 35.5 Å². The minimum Gasteiger partial charge on any atom is -0.384 e. The molecule has 0 fully saturated rings. The van der Waals surface area contributed by atoms with Crippen LogP contribution < -0.4 is 0 Å². The highest BCUT2D eigenvalue weighted by Gasteiger charge is 2.04. The van der Waals surface area contributed by atoms with Crippen LogP contribution in [-0.4, -0.2) is 18.7 Å². The number of nitrogens with one attached hydrogen (secondary N) is 1. The summed E-state index contributed by atoms with van der Waals surface area (Å²) in [7, 11) is 1.74. The number of H-pyrrole nitrogens is 1. The molecule has 14 heavy (non-hydrogen) atoms. The van der Waals surface area contributed by atoms with Crippen molar-refractivity contribution >= 4 is 10.9 Å². The van der Waals surface area contributed by atoms with Gasteiger partial charge < -0.3 is 9.72 Å². The Morgan fingerprint density at radius 3 is 3.00 bits per heavy atom. The number of fused-ring (bicyclic) bond motifs is 1. The molecule has 0 aliphatic heterocycles. The first-order chi connectivity index (χ1) is 6.83. The fourth-order valence-corrected chi connectivity index (χ4v) is 1.86. The lowest BCUT2D eigenvalue weighted by Crippen LogP contribution is -1.93. The van der Waals surface area contributed by atoms with Gasteiger partial charge in [-0.05, 0) is 30.5 Å². The summed E-state index contributed by atoms with van der Waals surface area (Å²) in [5.74, 6) is 0. The van der Waals surface area contributed by atoms with Gasteiger partial charge in [0.15, 0.2) is 0 Å². The number of aromatic amines is 1. The minimum atomic E-state index is 0.779. The van der Waals surface area contributed by atoms with Gasteiger partial charge in [-0.25, -0.2) is 0 Å². The van der Waals surface area contributed by atoms with E-state index in [1.807, 2.05) is 0 Å². The van der Waals surface area contributed by atoms with Crippen LogP contribution >= 0.6 is 0 Å². The van der Waals surface area contributed by atoms with Crippen molar-refractivity contribution in [2.45, 2.75) is 13.3 Å². The summed E-state index contributed by atoms with van der Waals surface area (Å²) >= 11 is 0. The SMILES string of the molecule is COCCc1c[nH]c2cccc(C)c12. The van der Waals surface area contributed by atoms with Gasteiger partial charge in [0.05, 0.1) is 6.61 Å². The highest BCUT2D eigenvalue weighted by Crippen LogP contribution is 2.22. The zero-order valence-electron chi connectivity index (χ0n) is 8.63. The third kappa shape index (κ3) is 1.53. The number of methoxy groups -OCH3 is 1. The van der Waals surface area contributed by atoms with Crippen LogP contribution in [0.15, 0.2) is 24.4 Å². The Labute approximate surface area is 83.9 Å². The predicted octanol–water partition coefficient (Wildman–Crippen LogP) is 2.67. The molecule has 0 amide bonds. The maximum Gasteiger partial charge on any atom is 0.0503 e. The van der Waals surface area contributed by atoms with E-state index in [1.54, 1.807) is 7.11 Å². The molecular weight excluding hydrogens is 174 g/mol. The van der Waals surface area contributed by atoms with Crippen molar-refractivity contribution in [3.8, 4) is 0 Å². The molecule has 1 N–H and O–H groups in total. The molecule has 0 bridgehead atoms. The first-order valence-corrected chi connectivity index (χ1v) is 4.87. The molecule has 2 nitrogen and oxygen atoms in total. The summed E-state index contributed by atoms with van der Waals surface area (Å²) in [6.07, 6.45) is 3.05. The van der Waals surface area contributed by atoms with Crippen LogP contribution in [0.3, 0.4) is 0 Å². The van der Waals surface area contributed by atoms with Gasteiger partial charge in [0, 0.05) is 24.2 Å². The summed E-state index contributed by atoms with van der Waals surface area (Å²) in [6, 6.07) is 6.33. The van der Waals surface area contributed by atoms with E-state index in [9.17, 15) is 0 Å². The monoisotopic (exact) mass is 189 g/mol. The molecule has 0 radical (unpaired) electrons. The van der Waals surface area contributed by atoms with Gasteiger partial charge in [-0.1, -0.05) is 12.1 Å². The van der Waals surface area contributed by atoms with Crippen LogP contribution in [0.4, 0.5) is 0 Å². The summed E-state index contributed by atoms with van der Waals surface area (Å²) < 4.78 is 5.09. The number of hydrogen-bond acceptors (Lipinski definition) is 1. The average molecular weight is 189 g/mol. The molecule has 2 heteroatoms. The number of ether oxygens (including phenoxy) is 1. The van der Waals surface area contributed by atoms with E-state index in [0.717, 1.165) is 13.0 Å². The van der Waals surface area contributed by atoms with Crippen molar-refractivity contribution < 1.29 is 4.74 Å². The van der Waals surface area contributed by atoms with Gasteiger partial charge in [0.25, 0.3) is 0 Å². The molecule has 1 aromatic carbocycles. The van der Waals surface area contributed by atoms with Crippen molar-refractivity contribution in [2.75, 3.05) is 13.7 Å². The molecule has 1 aromatic heterocycles. The first-order valence-electron chi connectivity index (χ1n) is 4.87. The Bertz CT molecular complexity index is 431. The van der Waals surface area contributed by atoms with E-state index < -0.39 is 0 Å². The number of aromatic nitrogens is 1. The Hall–Kier alpha value is -1.28. The molecule has 0 spiro atoms. The van der Waals surface area contributed by atoms with Crippen LogP contribution in [-0.2, 0) is 11.2 Å². The smallest absolute Gasteiger partial charge is 0.0503 e. The fraction of sp³-hybridized carbons (Fsp3) is 0.333. The maximum absolute atomic E-state index is 5.09. The third-order valence-corrected chi connectivity index (χ3v) is 2.57. The second-order valence-electron chi connectivity index (χ2n) is 3.55. The van der Waals surface area contributed by atoms with Crippen molar-refractivity contribution in [2.24, 2.45) is 0 Å². The van der Waals surface area contributed by atoms with Crippen LogP contribution in [0.2, 0.25) is 0 Å². The van der Waals surface area contributed by atoms with E-state index in [2.05, 4.69) is 36.3 Å². The molecule has 0 saturated heterocycles. The lowest BCUT2D eigenvalue weighted by molar-refractivity contribution is 0.202. The molecule has 0 atom stereocenters. The summed E-state index contributed by atoms with van der Waals surface area (Å²) in [6.45, 7) is 2.92. The number of hydrogen-bond donors (Lipinski definition) is 1. The Morgan fingerprint density at radius 2 is 2.21 bits per heavy atom. The highest BCUT2D eigenvalue weighted by atomic mass is 16.5. The normalized spacial score (nSPS) is 11.0. The number of rotatable bonds is 3. The second kappa shape index (κ2) is 3.84. The van der Waals surface area contributed by atoms with E-state index in [0.29, 0.717) is 0 Å². The van der Waals surface area contributed by atoms with Gasteiger partial charge in [-0.3, -0.25) is 0 Å². The topological polar surface area (TPSA) is 25.0 Å².